The van der Waals surface area contributed by atoms with Gasteiger partial charge >= 0.3 is 11.9 Å². The monoisotopic (exact) mass is 306 g/mol. The molecule has 0 aliphatic heterocycles. The summed E-state index contributed by atoms with van der Waals surface area (Å²) in [7, 11) is 2.78. The Hall–Kier alpha value is -2.76. The lowest BCUT2D eigenvalue weighted by Crippen LogP contribution is -2.11. The second-order valence-corrected chi connectivity index (χ2v) is 4.24. The van der Waals surface area contributed by atoms with Crippen LogP contribution < -0.4 is 9.47 Å². The Morgan fingerprint density at radius 2 is 1.95 bits per heavy atom. The Balaban J connectivity index is 2.72. The van der Waals surface area contributed by atoms with Crippen molar-refractivity contribution in [2.45, 2.75) is 6.92 Å². The van der Waals surface area contributed by atoms with E-state index in [9.17, 15) is 9.59 Å². The minimum absolute atomic E-state index is 0.251. The van der Waals surface area contributed by atoms with E-state index in [0.717, 1.165) is 5.56 Å². The average Bonchev–Trinajstić information content (AvgIpc) is 2.52. The predicted octanol–water partition coefficient (Wildman–Crippen LogP) is 2.34. The van der Waals surface area contributed by atoms with Crippen molar-refractivity contribution < 1.29 is 28.5 Å². The van der Waals surface area contributed by atoms with Crippen molar-refractivity contribution in [3.05, 3.63) is 42.0 Å². The molecule has 0 fully saturated rings. The molecule has 0 unspecified atom stereocenters. The third kappa shape index (κ3) is 5.32. The number of carbonyl (C=O) groups is 2. The van der Waals surface area contributed by atoms with Crippen molar-refractivity contribution in [3.63, 3.8) is 0 Å². The minimum Gasteiger partial charge on any atom is -0.493 e. The summed E-state index contributed by atoms with van der Waals surface area (Å²) in [6, 6.07) is 5.04. The van der Waals surface area contributed by atoms with E-state index in [4.69, 9.17) is 14.2 Å². The van der Waals surface area contributed by atoms with Gasteiger partial charge in [-0.2, -0.15) is 0 Å². The molecule has 0 spiro atoms. The van der Waals surface area contributed by atoms with Gasteiger partial charge in [0, 0.05) is 11.6 Å². The molecule has 1 aromatic rings. The van der Waals surface area contributed by atoms with E-state index in [2.05, 4.69) is 11.3 Å². The minimum atomic E-state index is -0.531. The highest BCUT2D eigenvalue weighted by Crippen LogP contribution is 2.28. The van der Waals surface area contributed by atoms with Gasteiger partial charge in [0.1, 0.15) is 0 Å². The normalized spacial score (nSPS) is 10.1. The first-order chi connectivity index (χ1) is 10.5. The molecular formula is C16H18O6. The van der Waals surface area contributed by atoms with E-state index in [1.54, 1.807) is 31.2 Å². The molecule has 22 heavy (non-hydrogen) atoms. The van der Waals surface area contributed by atoms with Gasteiger partial charge in [0.2, 0.25) is 6.79 Å². The second kappa shape index (κ2) is 8.51. The van der Waals surface area contributed by atoms with Crippen molar-refractivity contribution in [3.8, 4) is 11.5 Å². The van der Waals surface area contributed by atoms with E-state index in [0.29, 0.717) is 17.1 Å². The van der Waals surface area contributed by atoms with Gasteiger partial charge in [-0.05, 0) is 30.7 Å². The fourth-order valence-electron chi connectivity index (χ4n) is 1.41. The summed E-state index contributed by atoms with van der Waals surface area (Å²) in [6.45, 7) is 4.76. The fraction of sp³-hybridized carbons (Fsp3) is 0.250. The lowest BCUT2D eigenvalue weighted by atomic mass is 10.2. The molecule has 0 aromatic heterocycles. The van der Waals surface area contributed by atoms with Crippen LogP contribution in [0.15, 0.2) is 36.4 Å². The number of carbonyl (C=O) groups excluding carboxylic acids is 2. The Morgan fingerprint density at radius 3 is 2.55 bits per heavy atom. The van der Waals surface area contributed by atoms with Crippen LogP contribution >= 0.6 is 0 Å². The molecule has 0 N–H and O–H groups in total. The molecule has 1 rings (SSSR count). The maximum Gasteiger partial charge on any atom is 0.335 e. The maximum absolute atomic E-state index is 11.2. The van der Waals surface area contributed by atoms with Gasteiger partial charge in [-0.3, -0.25) is 0 Å². The third-order valence-electron chi connectivity index (χ3n) is 2.55. The van der Waals surface area contributed by atoms with E-state index < -0.39 is 11.9 Å². The van der Waals surface area contributed by atoms with Gasteiger partial charge in [-0.25, -0.2) is 9.59 Å². The van der Waals surface area contributed by atoms with Crippen LogP contribution in [0.5, 0.6) is 11.5 Å². The molecule has 0 atom stereocenters. The maximum atomic E-state index is 11.2. The smallest absolute Gasteiger partial charge is 0.335 e. The first kappa shape index (κ1) is 17.3. The van der Waals surface area contributed by atoms with Gasteiger partial charge in [-0.15, -0.1) is 0 Å². The summed E-state index contributed by atoms with van der Waals surface area (Å²) in [5, 5.41) is 0. The van der Waals surface area contributed by atoms with Crippen molar-refractivity contribution in [1.82, 2.24) is 0 Å². The first-order valence-electron chi connectivity index (χ1n) is 6.37. The molecule has 0 radical (unpaired) electrons. The van der Waals surface area contributed by atoms with Crippen LogP contribution in [-0.4, -0.2) is 33.0 Å². The lowest BCUT2D eigenvalue weighted by Gasteiger charge is -2.11. The molecule has 0 amide bonds. The van der Waals surface area contributed by atoms with Crippen LogP contribution in [0.25, 0.3) is 6.08 Å². The van der Waals surface area contributed by atoms with Crippen molar-refractivity contribution in [1.29, 1.82) is 0 Å². The van der Waals surface area contributed by atoms with Gasteiger partial charge < -0.3 is 18.9 Å². The first-order valence-corrected chi connectivity index (χ1v) is 6.37. The molecule has 6 heteroatoms. The summed E-state index contributed by atoms with van der Waals surface area (Å²) >= 11 is 0. The highest BCUT2D eigenvalue weighted by Gasteiger charge is 2.07. The Bertz CT molecular complexity index is 588. The van der Waals surface area contributed by atoms with E-state index in [1.165, 1.54) is 20.3 Å². The second-order valence-electron chi connectivity index (χ2n) is 4.24. The summed E-state index contributed by atoms with van der Waals surface area (Å²) in [6.07, 6.45) is 2.88. The third-order valence-corrected chi connectivity index (χ3v) is 2.55. The van der Waals surface area contributed by atoms with Crippen molar-refractivity contribution in [2.24, 2.45) is 0 Å². The molecule has 1 aromatic carbocycles. The molecule has 0 saturated carbocycles. The number of hydrogen-bond donors (Lipinski definition) is 0. The molecule has 0 aliphatic rings. The van der Waals surface area contributed by atoms with Crippen LogP contribution in [0.4, 0.5) is 0 Å². The number of hydrogen-bond acceptors (Lipinski definition) is 6. The zero-order valence-electron chi connectivity index (χ0n) is 12.8. The molecule has 6 nitrogen and oxygen atoms in total. The largest absolute Gasteiger partial charge is 0.493 e. The summed E-state index contributed by atoms with van der Waals surface area (Å²) < 4.78 is 19.9. The van der Waals surface area contributed by atoms with Gasteiger partial charge in [0.15, 0.2) is 11.5 Å². The van der Waals surface area contributed by atoms with E-state index in [1.807, 2.05) is 0 Å². The fourth-order valence-corrected chi connectivity index (χ4v) is 1.41. The zero-order valence-corrected chi connectivity index (χ0v) is 12.8. The standard InChI is InChI=1S/C16H18O6/c1-11(2)16(18)22-10-21-13-7-5-12(9-14(13)19-3)6-8-15(17)20-4/h5-9H,1,10H2,2-4H3/b8-6+. The number of methoxy groups -OCH3 is 2. The molecular weight excluding hydrogens is 288 g/mol. The van der Waals surface area contributed by atoms with Gasteiger partial charge in [0.25, 0.3) is 0 Å². The zero-order chi connectivity index (χ0) is 16.5. The predicted molar refractivity (Wildman–Crippen MR) is 80.4 cm³/mol. The number of ether oxygens (including phenoxy) is 4. The number of benzene rings is 1. The summed E-state index contributed by atoms with van der Waals surface area (Å²) in [4.78, 5) is 22.3. The lowest BCUT2D eigenvalue weighted by molar-refractivity contribution is -0.145. The molecule has 0 aliphatic carbocycles. The van der Waals surface area contributed by atoms with Crippen LogP contribution in [0, 0.1) is 0 Å². The molecule has 0 heterocycles. The molecule has 0 saturated heterocycles. The number of esters is 2. The van der Waals surface area contributed by atoms with Gasteiger partial charge in [0.05, 0.1) is 14.2 Å². The molecule has 0 bridgehead atoms. The van der Waals surface area contributed by atoms with Crippen molar-refractivity contribution in [2.75, 3.05) is 21.0 Å². The van der Waals surface area contributed by atoms with E-state index in [-0.39, 0.29) is 6.79 Å². The van der Waals surface area contributed by atoms with Gasteiger partial charge in [-0.1, -0.05) is 12.6 Å². The topological polar surface area (TPSA) is 71.1 Å². The van der Waals surface area contributed by atoms with Crippen LogP contribution in [0.1, 0.15) is 12.5 Å². The Kier molecular flexibility index (Phi) is 6.69. The highest BCUT2D eigenvalue weighted by atomic mass is 16.7. The number of rotatable bonds is 7. The highest BCUT2D eigenvalue weighted by molar-refractivity contribution is 5.87. The molecule has 118 valence electrons. The SMILES string of the molecule is C=C(C)C(=O)OCOc1ccc(/C=C/C(=O)OC)cc1OC. The van der Waals surface area contributed by atoms with Crippen LogP contribution in [0.2, 0.25) is 0 Å². The summed E-state index contributed by atoms with van der Waals surface area (Å²) in [5.74, 6) is -0.131. The Labute approximate surface area is 128 Å². The van der Waals surface area contributed by atoms with E-state index >= 15 is 0 Å². The Morgan fingerprint density at radius 1 is 1.23 bits per heavy atom. The summed E-state index contributed by atoms with van der Waals surface area (Å²) in [5.41, 5.74) is 1.02. The quantitative estimate of drug-likeness (QED) is 0.437. The van der Waals surface area contributed by atoms with Crippen LogP contribution in [0.3, 0.4) is 0 Å². The van der Waals surface area contributed by atoms with Crippen LogP contribution in [-0.2, 0) is 19.1 Å². The van der Waals surface area contributed by atoms with Crippen molar-refractivity contribution >= 4 is 18.0 Å². The average molecular weight is 306 g/mol.